The second-order valence-electron chi connectivity index (χ2n) is 13.8. The third kappa shape index (κ3) is 12.3. The molecule has 26 heteroatoms. The van der Waals surface area contributed by atoms with Gasteiger partial charge in [0.25, 0.3) is 0 Å². The summed E-state index contributed by atoms with van der Waals surface area (Å²) >= 11 is 0. The largest absolute Gasteiger partial charge is 0.477 e. The summed E-state index contributed by atoms with van der Waals surface area (Å²) in [5, 5.41) is 14.4. The van der Waals surface area contributed by atoms with Gasteiger partial charge < -0.3 is 20.6 Å². The number of amides is 4. The molecule has 2 atom stereocenters. The maximum Gasteiger partial charge on any atom is 0.400 e. The molecule has 4 amide bonds. The first-order valence-electron chi connectivity index (χ1n) is 18.4. The molecular weight excluding hydrogens is 895 g/mol. The van der Waals surface area contributed by atoms with Gasteiger partial charge in [-0.3, -0.25) is 25.2 Å². The van der Waals surface area contributed by atoms with Gasteiger partial charge in [-0.1, -0.05) is 0 Å². The number of hydrogen-bond donors (Lipinski definition) is 4. The van der Waals surface area contributed by atoms with Gasteiger partial charge in [-0.05, 0) is 61.4 Å². The summed E-state index contributed by atoms with van der Waals surface area (Å²) in [5.74, 6) is -2.08. The summed E-state index contributed by atoms with van der Waals surface area (Å²) in [6.07, 6.45) is -7.18. The third-order valence-electron chi connectivity index (χ3n) is 9.64. The van der Waals surface area contributed by atoms with Gasteiger partial charge in [-0.15, -0.1) is 0 Å². The number of anilines is 6. The van der Waals surface area contributed by atoms with Gasteiger partial charge in [-0.25, -0.2) is 43.1 Å². The van der Waals surface area contributed by atoms with Crippen molar-refractivity contribution in [3.05, 3.63) is 83.9 Å². The van der Waals surface area contributed by atoms with E-state index in [1.54, 1.807) is 12.1 Å². The molecule has 4 aliphatic rings. The fourth-order valence-corrected chi connectivity index (χ4v) is 6.84. The molecule has 0 saturated carbocycles. The van der Waals surface area contributed by atoms with E-state index in [-0.39, 0.29) is 67.9 Å². The number of carboxylic acid groups (broad SMARTS) is 1. The fourth-order valence-electron chi connectivity index (χ4n) is 6.84. The van der Waals surface area contributed by atoms with Gasteiger partial charge in [0.1, 0.15) is 29.0 Å². The molecule has 8 heterocycles. The average molecular weight is 934 g/mol. The lowest BCUT2D eigenvalue weighted by molar-refractivity contribution is -0.133. The van der Waals surface area contributed by atoms with Gasteiger partial charge in [0.05, 0.1) is 48.8 Å². The van der Waals surface area contributed by atoms with Crippen LogP contribution in [-0.4, -0.2) is 106 Å². The van der Waals surface area contributed by atoms with Crippen molar-refractivity contribution in [2.24, 2.45) is 5.73 Å². The zero-order valence-corrected chi connectivity index (χ0v) is 34.6. The van der Waals surface area contributed by atoms with E-state index in [9.17, 15) is 59.4 Å². The molecule has 0 spiro atoms. The molecule has 4 aromatic rings. The Kier molecular flexibility index (Phi) is 16.1. The Balaban J connectivity index is 0.000000241. The van der Waals surface area contributed by atoms with Crippen molar-refractivity contribution in [1.29, 1.82) is 0 Å². The number of nitrogens with two attached hydrogens (primary N) is 1. The molecule has 4 bridgehead atoms. The predicted molar refractivity (Wildman–Crippen MR) is 224 cm³/mol. The normalized spacial score (nSPS) is 16.7. The standard InChI is InChI=1S/C19H17F4N5O2.C16H14FN5O3.C2H4F3N.2H2S/c20-11-1-4-16(24-9-11)26-18(30)28-12-6-8-27(10-12)14-3-2-13(25-17(14)28)15(29)5-7-19(21,22)23;17-9-1-4-13(18-7-9)20-16(25)22-10-5-6-21(8-10)12-3-2-11(15(23)24)19-14(12)22;3-2(4,5)1-6;;/h1-4,9,12H,5-8,10H2,(H,24,26,30);1-4,7,10H,5-6,8H2,(H,23,24)(H,18,20,25);1,6H2;2*1H2/t12-;10-;;;/m00.../s1. The summed E-state index contributed by atoms with van der Waals surface area (Å²) < 4.78 is 95.3. The highest BCUT2D eigenvalue weighted by atomic mass is 32.1. The molecule has 5 N–H and O–H groups in total. The highest BCUT2D eigenvalue weighted by molar-refractivity contribution is 7.59. The van der Waals surface area contributed by atoms with Crippen LogP contribution in [0.4, 0.5) is 79.4 Å². The number of urea groups is 2. The number of carbonyl (C=O) groups is 4. The minimum atomic E-state index is -4.44. The van der Waals surface area contributed by atoms with E-state index in [2.05, 4.69) is 41.2 Å². The van der Waals surface area contributed by atoms with Gasteiger partial charge >= 0.3 is 30.4 Å². The van der Waals surface area contributed by atoms with Crippen molar-refractivity contribution in [2.45, 2.75) is 50.1 Å². The summed E-state index contributed by atoms with van der Waals surface area (Å²) in [6.45, 7) is 1.45. The van der Waals surface area contributed by atoms with Crippen LogP contribution in [0.3, 0.4) is 0 Å². The van der Waals surface area contributed by atoms with E-state index >= 15 is 0 Å². The highest BCUT2D eigenvalue weighted by Gasteiger charge is 2.42. The first kappa shape index (κ1) is 49.6. The number of rotatable bonds is 6. The number of carbonyl (C=O) groups excluding carboxylic acids is 3. The number of carboxylic acids is 1. The maximum absolute atomic E-state index is 13.1. The summed E-state index contributed by atoms with van der Waals surface area (Å²) in [6, 6.07) is 9.75. The quantitative estimate of drug-likeness (QED) is 0.122. The zero-order chi connectivity index (χ0) is 44.2. The molecule has 16 nitrogen and oxygen atoms in total. The van der Waals surface area contributed by atoms with E-state index in [0.29, 0.717) is 37.6 Å². The van der Waals surface area contributed by atoms with Crippen LogP contribution < -0.4 is 36.0 Å². The number of nitrogens with one attached hydrogen (secondary N) is 2. The molecule has 340 valence electrons. The van der Waals surface area contributed by atoms with Crippen LogP contribution in [-0.2, 0) is 0 Å². The number of hydrogen-bond acceptors (Lipinski definition) is 11. The van der Waals surface area contributed by atoms with E-state index in [1.807, 2.05) is 4.90 Å². The Morgan fingerprint density at radius 1 is 0.683 bits per heavy atom. The minimum absolute atomic E-state index is 0. The molecule has 4 aliphatic heterocycles. The van der Waals surface area contributed by atoms with Gasteiger partial charge in [0, 0.05) is 32.6 Å². The second-order valence-corrected chi connectivity index (χ2v) is 13.8. The topological polar surface area (TPSA) is 203 Å². The first-order valence-corrected chi connectivity index (χ1v) is 18.4. The number of aromatic carboxylic acids is 1. The number of fused-ring (bicyclic) bond motifs is 8. The number of nitrogens with zero attached hydrogens (tertiary/aromatic N) is 8. The monoisotopic (exact) mass is 933 g/mol. The summed E-state index contributed by atoms with van der Waals surface area (Å²) in [4.78, 5) is 72.1. The summed E-state index contributed by atoms with van der Waals surface area (Å²) in [5.41, 5.74) is 5.27. The molecular formula is C37H39F8N11O5S2. The predicted octanol–water partition coefficient (Wildman–Crippen LogP) is 6.45. The zero-order valence-electron chi connectivity index (χ0n) is 32.6. The van der Waals surface area contributed by atoms with Crippen molar-refractivity contribution in [1.82, 2.24) is 19.9 Å². The van der Waals surface area contributed by atoms with Crippen LogP contribution in [0.5, 0.6) is 0 Å². The van der Waals surface area contributed by atoms with E-state index in [1.165, 1.54) is 40.1 Å². The number of alkyl halides is 6. The molecule has 0 unspecified atom stereocenters. The molecule has 4 aromatic heterocycles. The van der Waals surface area contributed by atoms with Crippen LogP contribution in [0.15, 0.2) is 60.9 Å². The lowest BCUT2D eigenvalue weighted by Gasteiger charge is -2.35. The Labute approximate surface area is 366 Å². The van der Waals surface area contributed by atoms with E-state index in [0.717, 1.165) is 37.1 Å². The Bertz CT molecular complexity index is 2280. The smallest absolute Gasteiger partial charge is 0.400 e. The lowest BCUT2D eigenvalue weighted by Crippen LogP contribution is -2.48. The number of aromatic nitrogens is 4. The van der Waals surface area contributed by atoms with Crippen LogP contribution in [0.2, 0.25) is 0 Å². The molecule has 2 fully saturated rings. The Morgan fingerprint density at radius 3 is 1.49 bits per heavy atom. The molecule has 0 aliphatic carbocycles. The maximum atomic E-state index is 13.1. The Morgan fingerprint density at radius 2 is 1.11 bits per heavy atom. The molecule has 2 saturated heterocycles. The highest BCUT2D eigenvalue weighted by Crippen LogP contribution is 2.40. The number of ketones is 1. The average Bonchev–Trinajstić information content (AvgIpc) is 3.83. The Hall–Kier alpha value is -6.02. The lowest BCUT2D eigenvalue weighted by atomic mass is 10.1. The van der Waals surface area contributed by atoms with Gasteiger partial charge in [0.15, 0.2) is 23.1 Å². The van der Waals surface area contributed by atoms with Gasteiger partial charge in [-0.2, -0.15) is 53.3 Å². The van der Waals surface area contributed by atoms with Crippen LogP contribution in [0.1, 0.15) is 46.7 Å². The fraction of sp³-hybridized carbons (Fsp3) is 0.351. The van der Waals surface area contributed by atoms with Crippen LogP contribution in [0, 0.1) is 11.6 Å². The van der Waals surface area contributed by atoms with Crippen LogP contribution in [0.25, 0.3) is 0 Å². The van der Waals surface area contributed by atoms with Crippen molar-refractivity contribution in [3.8, 4) is 0 Å². The minimum Gasteiger partial charge on any atom is -0.477 e. The number of Topliss-reactive ketones (excluding diaryl/α,β-unsaturated/α-hetero) is 1. The van der Waals surface area contributed by atoms with Crippen molar-refractivity contribution in [3.63, 3.8) is 0 Å². The number of halogens is 8. The van der Waals surface area contributed by atoms with Crippen molar-refractivity contribution >= 4 is 85.5 Å². The van der Waals surface area contributed by atoms with Gasteiger partial charge in [0.2, 0.25) is 0 Å². The SMILES string of the molecule is NCC(F)(F)F.O=C(CCC(F)(F)F)c1ccc2c(n1)N(C(=O)Nc1ccc(F)cn1)[C@H]1CCN2C1.O=C(O)c1ccc2c(n1)N(C(=O)Nc1ccc(F)cn1)[C@H]1CCN2C1.S.S. The molecule has 8 rings (SSSR count). The summed E-state index contributed by atoms with van der Waals surface area (Å²) in [7, 11) is 0. The first-order chi connectivity index (χ1) is 28.8. The molecule has 0 radical (unpaired) electrons. The molecule has 0 aromatic carbocycles. The molecule has 63 heavy (non-hydrogen) atoms. The van der Waals surface area contributed by atoms with Crippen molar-refractivity contribution < 1.29 is 59.4 Å². The van der Waals surface area contributed by atoms with Crippen molar-refractivity contribution in [2.75, 3.05) is 63.0 Å². The second kappa shape index (κ2) is 20.4. The van der Waals surface area contributed by atoms with E-state index in [4.69, 9.17) is 0 Å². The number of pyridine rings is 4. The van der Waals surface area contributed by atoms with Crippen LogP contribution >= 0.6 is 27.0 Å². The third-order valence-corrected chi connectivity index (χ3v) is 9.64. The van der Waals surface area contributed by atoms with E-state index < -0.39 is 67.2 Å².